The molecule has 0 radical (unpaired) electrons. The van der Waals surface area contributed by atoms with Crippen LogP contribution >= 0.6 is 0 Å². The van der Waals surface area contributed by atoms with Crippen molar-refractivity contribution in [3.05, 3.63) is 60.2 Å². The minimum absolute atomic E-state index is 0.140. The monoisotopic (exact) mass is 294 g/mol. The first-order valence-corrected chi connectivity index (χ1v) is 8.05. The van der Waals surface area contributed by atoms with Gasteiger partial charge in [-0.2, -0.15) is 0 Å². The molecule has 1 aliphatic rings. The Morgan fingerprint density at radius 1 is 0.818 bits per heavy atom. The second-order valence-electron chi connectivity index (χ2n) is 5.74. The fourth-order valence-corrected chi connectivity index (χ4v) is 2.90. The zero-order valence-electron chi connectivity index (χ0n) is 12.8. The third-order valence-corrected chi connectivity index (χ3v) is 4.10. The number of nitrogens with one attached hydrogen (secondary N) is 1. The maximum atomic E-state index is 12.8. The molecule has 0 atom stereocenters. The van der Waals surface area contributed by atoms with Crippen LogP contribution in [0.5, 0.6) is 0 Å². The average molecular weight is 294 g/mol. The number of carbonyl (C=O) groups is 1. The summed E-state index contributed by atoms with van der Waals surface area (Å²) in [5.74, 6) is 0.140. The van der Waals surface area contributed by atoms with Gasteiger partial charge >= 0.3 is 0 Å². The molecule has 114 valence electrons. The molecule has 1 amide bonds. The fourth-order valence-electron chi connectivity index (χ4n) is 2.90. The van der Waals surface area contributed by atoms with Crippen molar-refractivity contribution in [2.45, 2.75) is 25.7 Å². The van der Waals surface area contributed by atoms with Crippen LogP contribution in [0.25, 0.3) is 0 Å². The minimum Gasteiger partial charge on any atom is -0.355 e. The SMILES string of the molecule is O=C(c1ccccc1Nc1ccccc1)N1CCCCCC1. The Bertz CT molecular complexity index is 616. The number of para-hydroxylation sites is 2. The zero-order chi connectivity index (χ0) is 15.2. The Labute approximate surface area is 132 Å². The van der Waals surface area contributed by atoms with Crippen LogP contribution in [0.2, 0.25) is 0 Å². The van der Waals surface area contributed by atoms with Crippen LogP contribution in [0.4, 0.5) is 11.4 Å². The van der Waals surface area contributed by atoms with Crippen molar-refractivity contribution in [3.63, 3.8) is 0 Å². The minimum atomic E-state index is 0.140. The van der Waals surface area contributed by atoms with E-state index in [4.69, 9.17) is 0 Å². The van der Waals surface area contributed by atoms with Crippen molar-refractivity contribution in [3.8, 4) is 0 Å². The van der Waals surface area contributed by atoms with Crippen LogP contribution in [-0.2, 0) is 0 Å². The lowest BCUT2D eigenvalue weighted by molar-refractivity contribution is 0.0762. The van der Waals surface area contributed by atoms with Crippen LogP contribution in [-0.4, -0.2) is 23.9 Å². The van der Waals surface area contributed by atoms with Crippen LogP contribution in [0.15, 0.2) is 54.6 Å². The molecule has 0 bridgehead atoms. The van der Waals surface area contributed by atoms with Gasteiger partial charge in [0, 0.05) is 18.8 Å². The lowest BCUT2D eigenvalue weighted by Crippen LogP contribution is -2.32. The third kappa shape index (κ3) is 3.48. The summed E-state index contributed by atoms with van der Waals surface area (Å²) < 4.78 is 0. The Hall–Kier alpha value is -2.29. The molecule has 1 N–H and O–H groups in total. The molecule has 22 heavy (non-hydrogen) atoms. The second-order valence-corrected chi connectivity index (χ2v) is 5.74. The Morgan fingerprint density at radius 3 is 2.18 bits per heavy atom. The van der Waals surface area contributed by atoms with Gasteiger partial charge in [0.15, 0.2) is 0 Å². The summed E-state index contributed by atoms with van der Waals surface area (Å²) in [7, 11) is 0. The molecule has 3 heteroatoms. The van der Waals surface area contributed by atoms with Gasteiger partial charge in [-0.15, -0.1) is 0 Å². The molecular weight excluding hydrogens is 272 g/mol. The maximum absolute atomic E-state index is 12.8. The molecule has 0 saturated carbocycles. The number of anilines is 2. The average Bonchev–Trinajstić information content (AvgIpc) is 2.85. The van der Waals surface area contributed by atoms with Gasteiger partial charge in [-0.05, 0) is 37.1 Å². The predicted octanol–water partition coefficient (Wildman–Crippen LogP) is 4.45. The van der Waals surface area contributed by atoms with Crippen molar-refractivity contribution in [2.75, 3.05) is 18.4 Å². The standard InChI is InChI=1S/C19H22N2O/c22-19(21-14-8-1-2-9-15-21)17-12-6-7-13-18(17)20-16-10-4-3-5-11-16/h3-7,10-13,20H,1-2,8-9,14-15H2. The van der Waals surface area contributed by atoms with E-state index in [0.717, 1.165) is 42.9 Å². The topological polar surface area (TPSA) is 32.3 Å². The van der Waals surface area contributed by atoms with Gasteiger partial charge in [0.2, 0.25) is 0 Å². The maximum Gasteiger partial charge on any atom is 0.255 e. The first-order chi connectivity index (χ1) is 10.8. The van der Waals surface area contributed by atoms with Gasteiger partial charge in [0.1, 0.15) is 0 Å². The largest absolute Gasteiger partial charge is 0.355 e. The highest BCUT2D eigenvalue weighted by Gasteiger charge is 2.19. The van der Waals surface area contributed by atoms with E-state index in [1.165, 1.54) is 12.8 Å². The van der Waals surface area contributed by atoms with E-state index in [2.05, 4.69) is 5.32 Å². The van der Waals surface area contributed by atoms with Gasteiger partial charge in [-0.25, -0.2) is 0 Å². The van der Waals surface area contributed by atoms with E-state index in [0.29, 0.717) is 0 Å². The highest BCUT2D eigenvalue weighted by molar-refractivity contribution is 6.00. The molecule has 1 saturated heterocycles. The molecule has 2 aromatic rings. The van der Waals surface area contributed by atoms with Gasteiger partial charge in [-0.1, -0.05) is 43.2 Å². The van der Waals surface area contributed by atoms with Crippen molar-refractivity contribution in [1.29, 1.82) is 0 Å². The number of likely N-dealkylation sites (tertiary alicyclic amines) is 1. The normalized spacial score (nSPS) is 15.2. The molecule has 1 fully saturated rings. The lowest BCUT2D eigenvalue weighted by atomic mass is 10.1. The summed E-state index contributed by atoms with van der Waals surface area (Å²) in [5.41, 5.74) is 2.63. The Morgan fingerprint density at radius 2 is 1.45 bits per heavy atom. The highest BCUT2D eigenvalue weighted by Crippen LogP contribution is 2.23. The smallest absolute Gasteiger partial charge is 0.255 e. The number of rotatable bonds is 3. The summed E-state index contributed by atoms with van der Waals surface area (Å²) in [6.45, 7) is 1.75. The highest BCUT2D eigenvalue weighted by atomic mass is 16.2. The molecule has 3 nitrogen and oxygen atoms in total. The molecule has 0 spiro atoms. The molecule has 3 rings (SSSR count). The van der Waals surface area contributed by atoms with E-state index in [1.54, 1.807) is 0 Å². The number of amides is 1. The summed E-state index contributed by atoms with van der Waals surface area (Å²) in [5, 5.41) is 3.36. The molecule has 1 heterocycles. The summed E-state index contributed by atoms with van der Waals surface area (Å²) in [6, 6.07) is 17.8. The second kappa shape index (κ2) is 7.12. The van der Waals surface area contributed by atoms with Gasteiger partial charge in [0.05, 0.1) is 11.3 Å². The van der Waals surface area contributed by atoms with E-state index >= 15 is 0 Å². The molecule has 0 unspecified atom stereocenters. The quantitative estimate of drug-likeness (QED) is 0.907. The molecule has 2 aromatic carbocycles. The summed E-state index contributed by atoms with van der Waals surface area (Å²) in [4.78, 5) is 14.8. The van der Waals surface area contributed by atoms with Crippen LogP contribution < -0.4 is 5.32 Å². The number of carbonyl (C=O) groups excluding carboxylic acids is 1. The van der Waals surface area contributed by atoms with Crippen molar-refractivity contribution in [2.24, 2.45) is 0 Å². The molecule has 0 aromatic heterocycles. The lowest BCUT2D eigenvalue weighted by Gasteiger charge is -2.22. The summed E-state index contributed by atoms with van der Waals surface area (Å²) in [6.07, 6.45) is 4.68. The fraction of sp³-hybridized carbons (Fsp3) is 0.316. The Kier molecular flexibility index (Phi) is 4.74. The number of benzene rings is 2. The molecule has 0 aliphatic carbocycles. The van der Waals surface area contributed by atoms with E-state index in [1.807, 2.05) is 59.5 Å². The van der Waals surface area contributed by atoms with Crippen molar-refractivity contribution in [1.82, 2.24) is 4.90 Å². The first kappa shape index (κ1) is 14.6. The molecular formula is C19H22N2O. The van der Waals surface area contributed by atoms with Gasteiger partial charge in [-0.3, -0.25) is 4.79 Å². The van der Waals surface area contributed by atoms with Gasteiger partial charge < -0.3 is 10.2 Å². The van der Waals surface area contributed by atoms with Gasteiger partial charge in [0.25, 0.3) is 5.91 Å². The van der Waals surface area contributed by atoms with E-state index < -0.39 is 0 Å². The number of hydrogen-bond donors (Lipinski definition) is 1. The van der Waals surface area contributed by atoms with Crippen LogP contribution in [0.3, 0.4) is 0 Å². The number of nitrogens with zero attached hydrogens (tertiary/aromatic N) is 1. The third-order valence-electron chi connectivity index (χ3n) is 4.10. The van der Waals surface area contributed by atoms with Crippen molar-refractivity contribution >= 4 is 17.3 Å². The Balaban J connectivity index is 1.82. The van der Waals surface area contributed by atoms with E-state index in [-0.39, 0.29) is 5.91 Å². The zero-order valence-corrected chi connectivity index (χ0v) is 12.8. The van der Waals surface area contributed by atoms with Crippen LogP contribution in [0, 0.1) is 0 Å². The summed E-state index contributed by atoms with van der Waals surface area (Å²) >= 11 is 0. The predicted molar refractivity (Wildman–Crippen MR) is 90.5 cm³/mol. The van der Waals surface area contributed by atoms with Crippen molar-refractivity contribution < 1.29 is 4.79 Å². The van der Waals surface area contributed by atoms with E-state index in [9.17, 15) is 4.79 Å². The molecule has 1 aliphatic heterocycles. The van der Waals surface area contributed by atoms with Crippen LogP contribution in [0.1, 0.15) is 36.0 Å². The number of hydrogen-bond acceptors (Lipinski definition) is 2. The first-order valence-electron chi connectivity index (χ1n) is 8.05.